The van der Waals surface area contributed by atoms with Crippen molar-refractivity contribution in [3.8, 4) is 11.8 Å². The molecule has 0 bridgehead atoms. The lowest BCUT2D eigenvalue weighted by molar-refractivity contribution is -0.138. The molecule has 0 aliphatic carbocycles. The number of benzene rings is 3. The van der Waals surface area contributed by atoms with E-state index in [9.17, 15) is 36.7 Å². The van der Waals surface area contributed by atoms with Crippen LogP contribution in [0.15, 0.2) is 54.6 Å². The van der Waals surface area contributed by atoms with Gasteiger partial charge >= 0.3 is 6.18 Å². The molecule has 57 heavy (non-hydrogen) atoms. The molecule has 3 aliphatic heterocycles. The Morgan fingerprint density at radius 3 is 2.32 bits per heavy atom. The molecule has 6 rings (SSSR count). The molecule has 3 fully saturated rings. The number of anilines is 2. The number of ketones is 1. The van der Waals surface area contributed by atoms with Crippen molar-refractivity contribution in [2.24, 2.45) is 5.92 Å². The van der Waals surface area contributed by atoms with E-state index in [4.69, 9.17) is 22.2 Å². The highest BCUT2D eigenvalue weighted by Crippen LogP contribution is 2.40. The minimum atomic E-state index is -4.85. The third kappa shape index (κ3) is 9.30. The van der Waals surface area contributed by atoms with Crippen molar-refractivity contribution in [1.82, 2.24) is 15.1 Å². The summed E-state index contributed by atoms with van der Waals surface area (Å²) in [5, 5.41) is 11.3. The molecule has 3 heterocycles. The van der Waals surface area contributed by atoms with Crippen LogP contribution in [0.3, 0.4) is 0 Å². The number of thiocarbonyl (C=S) groups is 1. The van der Waals surface area contributed by atoms with E-state index in [1.165, 1.54) is 55.1 Å². The van der Waals surface area contributed by atoms with Gasteiger partial charge in [-0.25, -0.2) is 8.78 Å². The zero-order chi connectivity index (χ0) is 41.2. The van der Waals surface area contributed by atoms with E-state index in [1.54, 1.807) is 6.07 Å². The van der Waals surface area contributed by atoms with Crippen LogP contribution in [0.5, 0.6) is 5.75 Å². The van der Waals surface area contributed by atoms with E-state index in [1.807, 2.05) is 4.90 Å². The van der Waals surface area contributed by atoms with Crippen LogP contribution in [-0.2, 0) is 38.2 Å². The zero-order valence-electron chi connectivity index (χ0n) is 31.1. The van der Waals surface area contributed by atoms with Gasteiger partial charge in [-0.05, 0) is 92.5 Å². The van der Waals surface area contributed by atoms with Crippen LogP contribution >= 0.6 is 12.2 Å². The first-order valence-electron chi connectivity index (χ1n) is 18.3. The minimum Gasteiger partial charge on any atom is -0.489 e. The fourth-order valence-corrected chi connectivity index (χ4v) is 7.87. The monoisotopic (exact) mass is 810 g/mol. The first kappa shape index (κ1) is 41.3. The van der Waals surface area contributed by atoms with E-state index in [-0.39, 0.29) is 72.2 Å². The quantitative estimate of drug-likeness (QED) is 0.149. The Morgan fingerprint density at radius 1 is 0.965 bits per heavy atom. The maximum Gasteiger partial charge on any atom is 0.417 e. The molecular weight excluding hydrogens is 772 g/mol. The first-order chi connectivity index (χ1) is 26.9. The molecule has 0 saturated carbocycles. The number of carbonyl (C=O) groups excluding carboxylic acids is 4. The van der Waals surface area contributed by atoms with Gasteiger partial charge < -0.3 is 9.64 Å². The summed E-state index contributed by atoms with van der Waals surface area (Å²) in [6, 6.07) is 12.8. The molecule has 17 heteroatoms. The number of piperidine rings is 1. The van der Waals surface area contributed by atoms with Gasteiger partial charge in [-0.3, -0.25) is 39.2 Å². The van der Waals surface area contributed by atoms with Crippen molar-refractivity contribution in [3.05, 3.63) is 88.5 Å². The summed E-state index contributed by atoms with van der Waals surface area (Å²) in [7, 11) is 0. The SMILES string of the molecule is CC1(C)C(=O)N(c2ccc(C#N)c(C(F)(F)F)c2)C(=S)N1c1ccc(OCCN2CCN(CC(=O)Cc3cc(F)cc(CC4CCC(=O)NC4=O)c3)CC2)c(F)c1. The molecule has 3 aromatic rings. The minimum absolute atomic E-state index is 0.0358. The molecule has 0 spiro atoms. The third-order valence-electron chi connectivity index (χ3n) is 10.3. The topological polar surface area (TPSA) is 126 Å². The smallest absolute Gasteiger partial charge is 0.417 e. The second-order valence-electron chi connectivity index (χ2n) is 14.8. The second-order valence-corrected chi connectivity index (χ2v) is 15.1. The first-order valence-corrected chi connectivity index (χ1v) is 18.7. The van der Waals surface area contributed by atoms with Crippen LogP contribution in [0, 0.1) is 28.9 Å². The number of nitrogens with zero attached hydrogens (tertiary/aromatic N) is 5. The van der Waals surface area contributed by atoms with Crippen LogP contribution < -0.4 is 19.9 Å². The Morgan fingerprint density at radius 2 is 1.65 bits per heavy atom. The lowest BCUT2D eigenvalue weighted by Gasteiger charge is -2.34. The molecule has 3 aliphatic rings. The number of rotatable bonds is 12. The summed E-state index contributed by atoms with van der Waals surface area (Å²) >= 11 is 5.54. The van der Waals surface area contributed by atoms with Gasteiger partial charge in [0.15, 0.2) is 22.5 Å². The zero-order valence-corrected chi connectivity index (χ0v) is 31.9. The lowest BCUT2D eigenvalue weighted by atomic mass is 9.90. The molecule has 0 aromatic heterocycles. The molecule has 11 nitrogen and oxygen atoms in total. The van der Waals surface area contributed by atoms with Crippen molar-refractivity contribution in [1.29, 1.82) is 5.26 Å². The Labute approximate surface area is 330 Å². The van der Waals surface area contributed by atoms with E-state index in [2.05, 4.69) is 10.2 Å². The van der Waals surface area contributed by atoms with Crippen LogP contribution in [0.25, 0.3) is 0 Å². The highest BCUT2D eigenvalue weighted by atomic mass is 32.1. The highest BCUT2D eigenvalue weighted by Gasteiger charge is 2.51. The van der Waals surface area contributed by atoms with Crippen LogP contribution in [0.4, 0.5) is 33.3 Å². The number of nitriles is 1. The summed E-state index contributed by atoms with van der Waals surface area (Å²) in [5.74, 6) is -3.12. The Bertz CT molecular complexity index is 2150. The number of amides is 3. The average molecular weight is 811 g/mol. The number of carbonyl (C=O) groups is 4. The predicted molar refractivity (Wildman–Crippen MR) is 202 cm³/mol. The number of hydrogen-bond donors (Lipinski definition) is 1. The number of hydrogen-bond acceptors (Lipinski definition) is 9. The number of piperazine rings is 1. The Balaban J connectivity index is 0.983. The van der Waals surface area contributed by atoms with Gasteiger partial charge in [0.05, 0.1) is 29.4 Å². The lowest BCUT2D eigenvalue weighted by Crippen LogP contribution is -2.48. The Hall–Kier alpha value is -5.31. The molecule has 3 saturated heterocycles. The summed E-state index contributed by atoms with van der Waals surface area (Å²) in [6.07, 6.45) is -3.92. The summed E-state index contributed by atoms with van der Waals surface area (Å²) in [4.78, 5) is 56.5. The van der Waals surface area contributed by atoms with Crippen LogP contribution in [-0.4, -0.2) is 89.8 Å². The van der Waals surface area contributed by atoms with E-state index in [0.717, 1.165) is 17.0 Å². The standard InChI is InChI=1S/C40H39F5N6O5S/c1-39(2)37(55)50(29-5-3-27(22-46)32(20-29)40(43,44)45)38(57)51(39)30-6-7-34(33(42)21-30)56-14-13-48-9-11-49(12-10-48)23-31(52)19-25-15-24(17-28(41)18-25)16-26-4-8-35(53)47-36(26)54/h3,5-7,15,17-18,20-21,26H,4,8-14,16,19,23H2,1-2H3,(H,47,53,54). The van der Waals surface area contributed by atoms with E-state index < -0.39 is 46.3 Å². The van der Waals surface area contributed by atoms with E-state index >= 15 is 4.39 Å². The van der Waals surface area contributed by atoms with Gasteiger partial charge in [-0.2, -0.15) is 18.4 Å². The van der Waals surface area contributed by atoms with Crippen molar-refractivity contribution in [2.45, 2.75) is 51.2 Å². The van der Waals surface area contributed by atoms with Gasteiger partial charge in [-0.1, -0.05) is 6.07 Å². The molecule has 1 unspecified atom stereocenters. The molecule has 300 valence electrons. The maximum atomic E-state index is 15.4. The molecule has 1 atom stereocenters. The predicted octanol–water partition coefficient (Wildman–Crippen LogP) is 5.18. The highest BCUT2D eigenvalue weighted by molar-refractivity contribution is 7.81. The van der Waals surface area contributed by atoms with Gasteiger partial charge in [0.2, 0.25) is 11.8 Å². The number of alkyl halides is 3. The molecule has 0 radical (unpaired) electrons. The summed E-state index contributed by atoms with van der Waals surface area (Å²) in [6.45, 7) is 6.29. The van der Waals surface area contributed by atoms with Gasteiger partial charge in [-0.15, -0.1) is 0 Å². The summed E-state index contributed by atoms with van der Waals surface area (Å²) in [5.41, 5.74) is -2.09. The number of imide groups is 1. The number of Topliss-reactive ketones (excluding diaryl/α,β-unsaturated/α-hetero) is 1. The molecule has 3 amide bonds. The normalized spacial score (nSPS) is 19.2. The molecule has 3 aromatic carbocycles. The Kier molecular flexibility index (Phi) is 12.1. The van der Waals surface area contributed by atoms with Crippen LogP contribution in [0.1, 0.15) is 48.9 Å². The second kappa shape index (κ2) is 16.7. The number of nitrogens with one attached hydrogen (secondary N) is 1. The molecule has 1 N–H and O–H groups in total. The van der Waals surface area contributed by atoms with Gasteiger partial charge in [0.25, 0.3) is 5.91 Å². The fourth-order valence-electron chi connectivity index (χ4n) is 7.35. The fraction of sp³-hybridized carbons (Fsp3) is 0.400. The number of halogens is 5. The molecular formula is C40H39F5N6O5S. The van der Waals surface area contributed by atoms with E-state index in [0.29, 0.717) is 56.3 Å². The van der Waals surface area contributed by atoms with Gasteiger partial charge in [0.1, 0.15) is 18.0 Å². The van der Waals surface area contributed by atoms with Gasteiger partial charge in [0, 0.05) is 63.2 Å². The van der Waals surface area contributed by atoms with Crippen molar-refractivity contribution in [3.63, 3.8) is 0 Å². The summed E-state index contributed by atoms with van der Waals surface area (Å²) < 4.78 is 76.6. The van der Waals surface area contributed by atoms with Crippen molar-refractivity contribution in [2.75, 3.05) is 55.7 Å². The average Bonchev–Trinajstić information content (AvgIpc) is 3.31. The number of ether oxygens (including phenoxy) is 1. The van der Waals surface area contributed by atoms with Crippen molar-refractivity contribution < 1.29 is 45.9 Å². The van der Waals surface area contributed by atoms with Crippen molar-refractivity contribution >= 4 is 52.2 Å². The largest absolute Gasteiger partial charge is 0.489 e. The van der Waals surface area contributed by atoms with Crippen LogP contribution in [0.2, 0.25) is 0 Å². The maximum absolute atomic E-state index is 15.4. The third-order valence-corrected chi connectivity index (χ3v) is 10.7.